The molecule has 1 aliphatic rings. The van der Waals surface area contributed by atoms with Crippen LogP contribution in [0.25, 0.3) is 5.69 Å². The van der Waals surface area contributed by atoms with E-state index in [2.05, 4.69) is 42.5 Å². The number of rotatable bonds is 5. The summed E-state index contributed by atoms with van der Waals surface area (Å²) in [4.78, 5) is 0. The highest BCUT2D eigenvalue weighted by atomic mass is 16.5. The van der Waals surface area contributed by atoms with Gasteiger partial charge in [0, 0.05) is 12.8 Å². The van der Waals surface area contributed by atoms with Crippen LogP contribution in [0, 0.1) is 0 Å². The molecule has 0 amide bonds. The SMILES string of the molecule is CCNC(c1ccnn1-c1ccccc1)C1(C)CCCO1. The smallest absolute Gasteiger partial charge is 0.0864 e. The molecular weight excluding hydrogens is 262 g/mol. The second-order valence-corrected chi connectivity index (χ2v) is 5.76. The van der Waals surface area contributed by atoms with Crippen molar-refractivity contribution in [1.29, 1.82) is 0 Å². The highest BCUT2D eigenvalue weighted by molar-refractivity contribution is 5.33. The van der Waals surface area contributed by atoms with Gasteiger partial charge in [0.2, 0.25) is 0 Å². The molecule has 1 saturated heterocycles. The molecule has 1 N–H and O–H groups in total. The second-order valence-electron chi connectivity index (χ2n) is 5.76. The van der Waals surface area contributed by atoms with Crippen LogP contribution in [-0.2, 0) is 4.74 Å². The zero-order valence-corrected chi connectivity index (χ0v) is 12.7. The van der Waals surface area contributed by atoms with Crippen LogP contribution in [0.15, 0.2) is 42.6 Å². The average Bonchev–Trinajstić information content (AvgIpc) is 3.15. The number of benzene rings is 1. The van der Waals surface area contributed by atoms with Crippen LogP contribution in [0.4, 0.5) is 0 Å². The molecule has 4 heteroatoms. The van der Waals surface area contributed by atoms with Gasteiger partial charge in [-0.15, -0.1) is 0 Å². The van der Waals surface area contributed by atoms with Crippen LogP contribution in [0.5, 0.6) is 0 Å². The summed E-state index contributed by atoms with van der Waals surface area (Å²) >= 11 is 0. The topological polar surface area (TPSA) is 39.1 Å². The lowest BCUT2D eigenvalue weighted by atomic mass is 9.90. The molecule has 0 bridgehead atoms. The van der Waals surface area contributed by atoms with E-state index in [9.17, 15) is 0 Å². The van der Waals surface area contributed by atoms with Gasteiger partial charge in [0.15, 0.2) is 0 Å². The minimum Gasteiger partial charge on any atom is -0.373 e. The van der Waals surface area contributed by atoms with Crippen molar-refractivity contribution in [2.75, 3.05) is 13.2 Å². The van der Waals surface area contributed by atoms with Crippen molar-refractivity contribution in [3.8, 4) is 5.69 Å². The van der Waals surface area contributed by atoms with Crippen molar-refractivity contribution < 1.29 is 4.74 Å². The van der Waals surface area contributed by atoms with E-state index in [4.69, 9.17) is 4.74 Å². The first-order chi connectivity index (χ1) is 10.2. The fourth-order valence-electron chi connectivity index (χ4n) is 3.18. The van der Waals surface area contributed by atoms with Crippen molar-refractivity contribution in [1.82, 2.24) is 15.1 Å². The average molecular weight is 285 g/mol. The lowest BCUT2D eigenvalue weighted by Crippen LogP contribution is -2.42. The first kappa shape index (κ1) is 14.3. The summed E-state index contributed by atoms with van der Waals surface area (Å²) in [5, 5.41) is 8.10. The minimum atomic E-state index is -0.164. The van der Waals surface area contributed by atoms with E-state index in [-0.39, 0.29) is 11.6 Å². The highest BCUT2D eigenvalue weighted by Crippen LogP contribution is 2.37. The van der Waals surface area contributed by atoms with Gasteiger partial charge in [-0.1, -0.05) is 25.1 Å². The minimum absolute atomic E-state index is 0.146. The Morgan fingerprint density at radius 2 is 2.14 bits per heavy atom. The summed E-state index contributed by atoms with van der Waals surface area (Å²) in [5.41, 5.74) is 2.08. The molecule has 0 spiro atoms. The molecular formula is C17H23N3O. The Balaban J connectivity index is 1.99. The maximum atomic E-state index is 6.07. The Kier molecular flexibility index (Phi) is 4.08. The molecule has 1 aliphatic heterocycles. The molecule has 1 aromatic carbocycles. The predicted octanol–water partition coefficient (Wildman–Crippen LogP) is 3.09. The molecule has 4 nitrogen and oxygen atoms in total. The lowest BCUT2D eigenvalue weighted by molar-refractivity contribution is -0.0138. The number of likely N-dealkylation sites (N-methyl/N-ethyl adjacent to an activating group) is 1. The van der Waals surface area contributed by atoms with Gasteiger partial charge in [-0.3, -0.25) is 0 Å². The third kappa shape index (κ3) is 2.74. The fourth-order valence-corrected chi connectivity index (χ4v) is 3.18. The Hall–Kier alpha value is -1.65. The number of ether oxygens (including phenoxy) is 1. The largest absolute Gasteiger partial charge is 0.373 e. The van der Waals surface area contributed by atoms with E-state index in [1.54, 1.807) is 0 Å². The van der Waals surface area contributed by atoms with E-state index in [0.29, 0.717) is 0 Å². The Bertz CT molecular complexity index is 573. The van der Waals surface area contributed by atoms with E-state index < -0.39 is 0 Å². The summed E-state index contributed by atoms with van der Waals surface area (Å²) in [6, 6.07) is 12.5. The molecule has 3 rings (SSSR count). The molecule has 2 atom stereocenters. The quantitative estimate of drug-likeness (QED) is 0.917. The monoisotopic (exact) mass is 285 g/mol. The Labute approximate surface area is 126 Å². The zero-order chi connectivity index (χ0) is 14.7. The van der Waals surface area contributed by atoms with Gasteiger partial charge < -0.3 is 10.1 Å². The Morgan fingerprint density at radius 3 is 2.81 bits per heavy atom. The summed E-state index contributed by atoms with van der Waals surface area (Å²) < 4.78 is 8.08. The van der Waals surface area contributed by atoms with E-state index in [1.165, 1.54) is 0 Å². The number of nitrogens with zero attached hydrogens (tertiary/aromatic N) is 2. The molecule has 2 unspecified atom stereocenters. The molecule has 0 radical (unpaired) electrons. The van der Waals surface area contributed by atoms with Crippen LogP contribution in [0.3, 0.4) is 0 Å². The van der Waals surface area contributed by atoms with Crippen molar-refractivity contribution in [2.24, 2.45) is 0 Å². The maximum absolute atomic E-state index is 6.07. The van der Waals surface area contributed by atoms with E-state index in [1.807, 2.05) is 29.1 Å². The number of hydrogen-bond donors (Lipinski definition) is 1. The molecule has 0 aliphatic carbocycles. The predicted molar refractivity (Wildman–Crippen MR) is 83.6 cm³/mol. The van der Waals surface area contributed by atoms with Gasteiger partial charge in [0.1, 0.15) is 0 Å². The normalized spacial score (nSPS) is 23.3. The summed E-state index contributed by atoms with van der Waals surface area (Å²) in [6.45, 7) is 6.09. The third-order valence-electron chi connectivity index (χ3n) is 4.24. The van der Waals surface area contributed by atoms with E-state index >= 15 is 0 Å². The summed E-state index contributed by atoms with van der Waals surface area (Å²) in [7, 11) is 0. The van der Waals surface area contributed by atoms with Crippen LogP contribution >= 0.6 is 0 Å². The molecule has 21 heavy (non-hydrogen) atoms. The van der Waals surface area contributed by atoms with Crippen LogP contribution in [-0.4, -0.2) is 28.5 Å². The molecule has 2 heterocycles. The maximum Gasteiger partial charge on any atom is 0.0864 e. The van der Waals surface area contributed by atoms with Crippen LogP contribution in [0.1, 0.15) is 38.4 Å². The number of nitrogens with one attached hydrogen (secondary N) is 1. The summed E-state index contributed by atoms with van der Waals surface area (Å²) in [5.74, 6) is 0. The first-order valence-corrected chi connectivity index (χ1v) is 7.71. The lowest BCUT2D eigenvalue weighted by Gasteiger charge is -2.34. The summed E-state index contributed by atoms with van der Waals surface area (Å²) in [6.07, 6.45) is 4.06. The first-order valence-electron chi connectivity index (χ1n) is 7.71. The number of hydrogen-bond acceptors (Lipinski definition) is 3. The highest BCUT2D eigenvalue weighted by Gasteiger charge is 2.40. The molecule has 112 valence electrons. The molecule has 2 aromatic rings. The van der Waals surface area contributed by atoms with Crippen molar-refractivity contribution in [2.45, 2.75) is 38.3 Å². The van der Waals surface area contributed by atoms with Crippen molar-refractivity contribution in [3.63, 3.8) is 0 Å². The van der Waals surface area contributed by atoms with Crippen molar-refractivity contribution >= 4 is 0 Å². The fraction of sp³-hybridized carbons (Fsp3) is 0.471. The van der Waals surface area contributed by atoms with Gasteiger partial charge in [0.05, 0.1) is 23.0 Å². The van der Waals surface area contributed by atoms with Crippen LogP contribution in [0.2, 0.25) is 0 Å². The number of para-hydroxylation sites is 1. The van der Waals surface area contributed by atoms with Gasteiger partial charge >= 0.3 is 0 Å². The zero-order valence-electron chi connectivity index (χ0n) is 12.7. The van der Waals surface area contributed by atoms with Gasteiger partial charge in [-0.25, -0.2) is 4.68 Å². The second kappa shape index (κ2) is 6.00. The molecule has 0 saturated carbocycles. The number of aromatic nitrogens is 2. The van der Waals surface area contributed by atoms with Crippen LogP contribution < -0.4 is 5.32 Å². The standard InChI is InChI=1S/C17H23N3O/c1-3-18-16(17(2)11-7-13-21-17)15-10-12-19-20(15)14-8-5-4-6-9-14/h4-6,8-10,12,16,18H,3,7,11,13H2,1-2H3. The molecule has 1 fully saturated rings. The third-order valence-corrected chi connectivity index (χ3v) is 4.24. The van der Waals surface area contributed by atoms with E-state index in [0.717, 1.165) is 37.4 Å². The van der Waals surface area contributed by atoms with Crippen molar-refractivity contribution in [3.05, 3.63) is 48.3 Å². The van der Waals surface area contributed by atoms with Gasteiger partial charge in [-0.2, -0.15) is 5.10 Å². The van der Waals surface area contributed by atoms with Gasteiger partial charge in [0.25, 0.3) is 0 Å². The molecule has 1 aromatic heterocycles. The Morgan fingerprint density at radius 1 is 1.33 bits per heavy atom. The van der Waals surface area contributed by atoms with Gasteiger partial charge in [-0.05, 0) is 44.5 Å².